The summed E-state index contributed by atoms with van der Waals surface area (Å²) in [4.78, 5) is 12.8. The van der Waals surface area contributed by atoms with Crippen LogP contribution in [-0.2, 0) is 38.3 Å². The summed E-state index contributed by atoms with van der Waals surface area (Å²) in [5.41, 5.74) is 0. The van der Waals surface area contributed by atoms with Crippen molar-refractivity contribution in [2.75, 3.05) is 26.4 Å². The maximum absolute atomic E-state index is 12.8. The fraction of sp³-hybridized carbons (Fsp3) is 0.841. The Morgan fingerprint density at radius 2 is 1.21 bits per heavy atom. The van der Waals surface area contributed by atoms with Crippen molar-refractivity contribution in [1.29, 1.82) is 0 Å². The summed E-state index contributed by atoms with van der Waals surface area (Å²) in [5.74, 6) is -0.427. The molecule has 0 spiro atoms. The molecule has 334 valence electrons. The van der Waals surface area contributed by atoms with Crippen LogP contribution in [0.1, 0.15) is 174 Å². The van der Waals surface area contributed by atoms with Gasteiger partial charge in [0, 0.05) is 13.0 Å². The third kappa shape index (κ3) is 30.1. The Morgan fingerprint density at radius 3 is 1.75 bits per heavy atom. The first kappa shape index (κ1) is 53.3. The van der Waals surface area contributed by atoms with Crippen LogP contribution >= 0.6 is 0 Å². The molecule has 6 unspecified atom stereocenters. The molecule has 0 radical (unpaired) electrons. The molecule has 12 nitrogen and oxygen atoms in total. The van der Waals surface area contributed by atoms with E-state index >= 15 is 0 Å². The standard InChI is InChI=1S/C44H80O12S/c1-3-5-7-9-11-13-15-17-18-19-20-22-24-26-28-30-32-34-52-36-38(37-53-44-42(48)43(56-57(49,50)51)41(47)39(35-45)55-44)54-40(46)33-31-29-27-25-23-21-16-14-12-10-8-6-4-2/h6,8,12,14,21,23,38-39,41-45,47-48H,3-5,7,9-11,13,15-20,22,24-37H2,1-2H3,(H,49,50,51)/b8-6-,14-12-,23-21-. The molecule has 0 bridgehead atoms. The second kappa shape index (κ2) is 36.2. The van der Waals surface area contributed by atoms with Gasteiger partial charge in [-0.05, 0) is 44.9 Å². The number of allylic oxidation sites excluding steroid dienone is 6. The molecular weight excluding hydrogens is 753 g/mol. The highest BCUT2D eigenvalue weighted by atomic mass is 32.3. The average Bonchev–Trinajstić information content (AvgIpc) is 3.18. The zero-order valence-corrected chi connectivity index (χ0v) is 36.2. The number of hydrogen-bond donors (Lipinski definition) is 4. The summed E-state index contributed by atoms with van der Waals surface area (Å²) in [7, 11) is -5.06. The molecule has 6 atom stereocenters. The van der Waals surface area contributed by atoms with Crippen LogP contribution in [0.4, 0.5) is 0 Å². The highest BCUT2D eigenvalue weighted by molar-refractivity contribution is 7.80. The van der Waals surface area contributed by atoms with E-state index < -0.39 is 59.8 Å². The molecule has 13 heteroatoms. The largest absolute Gasteiger partial charge is 0.457 e. The van der Waals surface area contributed by atoms with E-state index in [1.54, 1.807) is 0 Å². The number of carbonyl (C=O) groups is 1. The molecule has 1 aliphatic heterocycles. The van der Waals surface area contributed by atoms with E-state index in [1.807, 2.05) is 0 Å². The minimum Gasteiger partial charge on any atom is -0.457 e. The number of esters is 1. The predicted octanol–water partition coefficient (Wildman–Crippen LogP) is 9.02. The molecule has 0 amide bonds. The van der Waals surface area contributed by atoms with Gasteiger partial charge < -0.3 is 34.3 Å². The first-order chi connectivity index (χ1) is 27.6. The molecule has 0 aromatic carbocycles. The highest BCUT2D eigenvalue weighted by Crippen LogP contribution is 2.26. The molecule has 1 heterocycles. The molecular formula is C44H80O12S. The van der Waals surface area contributed by atoms with Gasteiger partial charge in [-0.3, -0.25) is 9.35 Å². The molecule has 4 N–H and O–H groups in total. The van der Waals surface area contributed by atoms with Crippen molar-refractivity contribution < 1.29 is 56.2 Å². The quantitative estimate of drug-likeness (QED) is 0.0201. The maximum Gasteiger partial charge on any atom is 0.397 e. The number of ether oxygens (including phenoxy) is 4. The lowest BCUT2D eigenvalue weighted by Crippen LogP contribution is -2.60. The van der Waals surface area contributed by atoms with Crippen molar-refractivity contribution in [3.8, 4) is 0 Å². The summed E-state index contributed by atoms with van der Waals surface area (Å²) in [6.07, 6.45) is 31.9. The molecule has 57 heavy (non-hydrogen) atoms. The first-order valence-corrected chi connectivity index (χ1v) is 23.6. The third-order valence-electron chi connectivity index (χ3n) is 10.0. The minimum atomic E-state index is -5.06. The topological polar surface area (TPSA) is 178 Å². The van der Waals surface area contributed by atoms with Gasteiger partial charge in [0.1, 0.15) is 30.5 Å². The molecule has 1 fully saturated rings. The Labute approximate surface area is 345 Å². The van der Waals surface area contributed by atoms with E-state index in [0.717, 1.165) is 57.8 Å². The Hall–Kier alpha value is -1.68. The molecule has 0 aromatic heterocycles. The molecule has 1 rings (SSSR count). The van der Waals surface area contributed by atoms with E-state index in [1.165, 1.54) is 89.9 Å². The summed E-state index contributed by atoms with van der Waals surface area (Å²) in [6, 6.07) is 0. The Balaban J connectivity index is 2.44. The Morgan fingerprint density at radius 1 is 0.684 bits per heavy atom. The molecule has 1 aliphatic rings. The summed E-state index contributed by atoms with van der Waals surface area (Å²) < 4.78 is 59.0. The van der Waals surface area contributed by atoms with Crippen LogP contribution in [0.25, 0.3) is 0 Å². The Kier molecular flexibility index (Phi) is 33.9. The van der Waals surface area contributed by atoms with Crippen molar-refractivity contribution in [2.24, 2.45) is 0 Å². The lowest BCUT2D eigenvalue weighted by Gasteiger charge is -2.41. The number of carbonyl (C=O) groups excluding carboxylic acids is 1. The fourth-order valence-corrected chi connectivity index (χ4v) is 7.20. The fourth-order valence-electron chi connectivity index (χ4n) is 6.69. The van der Waals surface area contributed by atoms with Crippen LogP contribution in [0.3, 0.4) is 0 Å². The van der Waals surface area contributed by atoms with Crippen molar-refractivity contribution in [1.82, 2.24) is 0 Å². The van der Waals surface area contributed by atoms with Crippen molar-refractivity contribution in [2.45, 2.75) is 211 Å². The van der Waals surface area contributed by atoms with Gasteiger partial charge in [0.2, 0.25) is 0 Å². The van der Waals surface area contributed by atoms with Gasteiger partial charge in [0.05, 0.1) is 19.8 Å². The van der Waals surface area contributed by atoms with Gasteiger partial charge >= 0.3 is 16.4 Å². The van der Waals surface area contributed by atoms with Gasteiger partial charge in [-0.15, -0.1) is 0 Å². The number of hydrogen-bond acceptors (Lipinski definition) is 11. The SMILES string of the molecule is CC/C=C\C/C=C\C/C=C\CCCCCC(=O)OC(COCCCCCCCCCCCCCCCCCCC)COC1OC(CO)C(O)C(OS(=O)(=O)O)C1O. The monoisotopic (exact) mass is 833 g/mol. The smallest absolute Gasteiger partial charge is 0.397 e. The second-order valence-electron chi connectivity index (χ2n) is 15.3. The molecule has 0 aliphatic carbocycles. The van der Waals surface area contributed by atoms with E-state index in [9.17, 15) is 28.5 Å². The third-order valence-corrected chi connectivity index (χ3v) is 10.5. The summed E-state index contributed by atoms with van der Waals surface area (Å²) in [6.45, 7) is 3.84. The lowest BCUT2D eigenvalue weighted by molar-refractivity contribution is -0.301. The second-order valence-corrected chi connectivity index (χ2v) is 16.3. The summed E-state index contributed by atoms with van der Waals surface area (Å²) >= 11 is 0. The first-order valence-electron chi connectivity index (χ1n) is 22.2. The highest BCUT2D eigenvalue weighted by Gasteiger charge is 2.48. The number of aliphatic hydroxyl groups is 3. The van der Waals surface area contributed by atoms with Crippen LogP contribution in [0.5, 0.6) is 0 Å². The van der Waals surface area contributed by atoms with E-state index in [-0.39, 0.29) is 19.6 Å². The minimum absolute atomic E-state index is 0.0263. The van der Waals surface area contributed by atoms with Gasteiger partial charge in [0.25, 0.3) is 0 Å². The Bertz CT molecular complexity index is 1140. The lowest BCUT2D eigenvalue weighted by atomic mass is 9.99. The van der Waals surface area contributed by atoms with Crippen molar-refractivity contribution in [3.63, 3.8) is 0 Å². The molecule has 0 saturated carbocycles. The molecule has 0 aromatic rings. The zero-order valence-electron chi connectivity index (χ0n) is 35.4. The summed E-state index contributed by atoms with van der Waals surface area (Å²) in [5, 5.41) is 30.6. The average molecular weight is 833 g/mol. The number of unbranched alkanes of at least 4 members (excludes halogenated alkanes) is 19. The number of aliphatic hydroxyl groups excluding tert-OH is 3. The predicted molar refractivity (Wildman–Crippen MR) is 225 cm³/mol. The molecule has 1 saturated heterocycles. The van der Waals surface area contributed by atoms with Crippen molar-refractivity contribution in [3.05, 3.63) is 36.5 Å². The van der Waals surface area contributed by atoms with Crippen LogP contribution in [-0.4, -0.2) is 97.5 Å². The van der Waals surface area contributed by atoms with Gasteiger partial charge in [-0.2, -0.15) is 8.42 Å². The van der Waals surface area contributed by atoms with Crippen LogP contribution < -0.4 is 0 Å². The van der Waals surface area contributed by atoms with Crippen LogP contribution in [0.2, 0.25) is 0 Å². The van der Waals surface area contributed by atoms with E-state index in [4.69, 9.17) is 23.5 Å². The van der Waals surface area contributed by atoms with Gasteiger partial charge in [-0.25, -0.2) is 4.18 Å². The number of rotatable bonds is 38. The van der Waals surface area contributed by atoms with E-state index in [2.05, 4.69) is 54.5 Å². The van der Waals surface area contributed by atoms with Crippen LogP contribution in [0.15, 0.2) is 36.5 Å². The van der Waals surface area contributed by atoms with Crippen LogP contribution in [0, 0.1) is 0 Å². The van der Waals surface area contributed by atoms with Gasteiger partial charge in [-0.1, -0.05) is 159 Å². The van der Waals surface area contributed by atoms with E-state index in [0.29, 0.717) is 13.0 Å². The van der Waals surface area contributed by atoms with Crippen molar-refractivity contribution >= 4 is 16.4 Å². The van der Waals surface area contributed by atoms with Gasteiger partial charge in [0.15, 0.2) is 6.29 Å². The zero-order chi connectivity index (χ0) is 41.8. The normalized spacial score (nSPS) is 21.0. The maximum atomic E-state index is 12.8.